The van der Waals surface area contributed by atoms with Crippen LogP contribution < -0.4 is 4.40 Å². The predicted molar refractivity (Wildman–Crippen MR) is 103 cm³/mol. The number of hydrogen-bond donors (Lipinski definition) is 0. The van der Waals surface area contributed by atoms with Crippen molar-refractivity contribution in [2.45, 2.75) is 78.9 Å². The van der Waals surface area contributed by atoms with Crippen molar-refractivity contribution >= 4 is 19.7 Å². The van der Waals surface area contributed by atoms with E-state index in [2.05, 4.69) is 0 Å². The third kappa shape index (κ3) is 78.6. The van der Waals surface area contributed by atoms with E-state index in [1.807, 2.05) is 62.3 Å². The van der Waals surface area contributed by atoms with Crippen molar-refractivity contribution in [1.29, 1.82) is 0 Å². The standard InChI is InChI=1S/C5H5F2Ge.3C4H10N.Zr/c6-8(7)5-3-1-2-4-5;3*1-4(2,3)5;/h1-4,8H;3*5H,1-3H3;/q4*-1;+4. The van der Waals surface area contributed by atoms with Crippen LogP contribution in [0.25, 0.3) is 17.2 Å². The Labute approximate surface area is 172 Å². The van der Waals surface area contributed by atoms with Crippen molar-refractivity contribution < 1.29 is 33.2 Å². The molecule has 0 spiro atoms. The van der Waals surface area contributed by atoms with Gasteiger partial charge < -0.3 is 17.2 Å². The minimum Gasteiger partial charge on any atom is 4.00 e. The molecule has 7 heteroatoms. The quantitative estimate of drug-likeness (QED) is 0.333. The Bertz CT molecular complexity index is 318. The Balaban J connectivity index is -0.000000113. The van der Waals surface area contributed by atoms with Crippen molar-refractivity contribution in [3.8, 4) is 0 Å². The van der Waals surface area contributed by atoms with Gasteiger partial charge in [-0.3, -0.25) is 0 Å². The van der Waals surface area contributed by atoms with E-state index < -0.39 is 15.3 Å². The van der Waals surface area contributed by atoms with Crippen molar-refractivity contribution in [2.75, 3.05) is 0 Å². The van der Waals surface area contributed by atoms with Gasteiger partial charge in [0.15, 0.2) is 0 Å². The number of halogens is 2. The van der Waals surface area contributed by atoms with Crippen LogP contribution in [0.1, 0.15) is 62.3 Å². The second-order valence-corrected chi connectivity index (χ2v) is 10.9. The summed E-state index contributed by atoms with van der Waals surface area (Å²) in [7, 11) is 0. The first-order valence-corrected chi connectivity index (χ1v) is 10.6. The second kappa shape index (κ2) is 14.7. The Morgan fingerprint density at radius 1 is 0.667 bits per heavy atom. The Morgan fingerprint density at radius 2 is 0.833 bits per heavy atom. The first-order valence-electron chi connectivity index (χ1n) is 7.55. The monoisotopic (exact) mass is 483 g/mol. The maximum Gasteiger partial charge on any atom is 4.00 e. The van der Waals surface area contributed by atoms with Crippen LogP contribution in [0.4, 0.5) is 7.00 Å². The second-order valence-electron chi connectivity index (χ2n) is 8.27. The number of nitrogens with one attached hydrogen (secondary N) is 3. The molecule has 1 aromatic rings. The molecule has 0 aliphatic carbocycles. The van der Waals surface area contributed by atoms with Crippen LogP contribution in [-0.4, -0.2) is 31.9 Å². The summed E-state index contributed by atoms with van der Waals surface area (Å²) in [5, 5.41) is 0. The summed E-state index contributed by atoms with van der Waals surface area (Å²) >= 11 is -3.89. The van der Waals surface area contributed by atoms with E-state index in [0.717, 1.165) is 0 Å². The predicted octanol–water partition coefficient (Wildman–Crippen LogP) is 6.28. The molecule has 24 heavy (non-hydrogen) atoms. The first kappa shape index (κ1) is 32.2. The van der Waals surface area contributed by atoms with E-state index in [0.29, 0.717) is 0 Å². The van der Waals surface area contributed by atoms with E-state index in [4.69, 9.17) is 17.2 Å². The summed E-state index contributed by atoms with van der Waals surface area (Å²) in [6.07, 6.45) is 0. The van der Waals surface area contributed by atoms with Crippen molar-refractivity contribution in [3.63, 3.8) is 0 Å². The average Bonchev–Trinajstić information content (AvgIpc) is 2.59. The molecule has 0 heterocycles. The van der Waals surface area contributed by atoms with E-state index in [1.165, 1.54) is 12.1 Å². The molecular weight excluding hydrogens is 448 g/mol. The van der Waals surface area contributed by atoms with E-state index in [-0.39, 0.29) is 47.2 Å². The molecule has 0 aliphatic heterocycles. The van der Waals surface area contributed by atoms with Gasteiger partial charge in [0.1, 0.15) is 0 Å². The van der Waals surface area contributed by atoms with E-state index >= 15 is 0 Å². The number of hydrogen-bond acceptors (Lipinski definition) is 0. The van der Waals surface area contributed by atoms with Crippen LogP contribution in [0, 0.1) is 0 Å². The van der Waals surface area contributed by atoms with E-state index in [1.54, 1.807) is 12.1 Å². The maximum absolute atomic E-state index is 11.8. The van der Waals surface area contributed by atoms with Crippen molar-refractivity contribution in [3.05, 3.63) is 41.5 Å². The molecule has 0 bridgehead atoms. The Hall–Kier alpha value is 0.516. The van der Waals surface area contributed by atoms with Crippen LogP contribution in [0.5, 0.6) is 0 Å². The normalized spacial score (nSPS) is 11.0. The third-order valence-electron chi connectivity index (χ3n) is 0.940. The molecule has 0 aliphatic rings. The zero-order valence-electron chi connectivity index (χ0n) is 16.6. The zero-order chi connectivity index (χ0) is 19.5. The molecule has 0 fully saturated rings. The summed E-state index contributed by atoms with van der Waals surface area (Å²) in [5.41, 5.74) is 20.1. The van der Waals surface area contributed by atoms with Gasteiger partial charge in [-0.1, -0.05) is 62.3 Å². The molecule has 0 amide bonds. The molecule has 0 radical (unpaired) electrons. The topological polar surface area (TPSA) is 71.4 Å². The summed E-state index contributed by atoms with van der Waals surface area (Å²) < 4.78 is 23.9. The molecule has 0 aromatic heterocycles. The largest absolute Gasteiger partial charge is 4.00 e. The molecule has 1 aromatic carbocycles. The Kier molecular flexibility index (Phi) is 19.7. The van der Waals surface area contributed by atoms with Crippen LogP contribution in [-0.2, 0) is 26.2 Å². The smallest absolute Gasteiger partial charge is 4.00 e. The van der Waals surface area contributed by atoms with Gasteiger partial charge in [0.25, 0.3) is 0 Å². The summed E-state index contributed by atoms with van der Waals surface area (Å²) in [6, 6.07) is 6.27. The van der Waals surface area contributed by atoms with Gasteiger partial charge in [0.05, 0.1) is 0 Å². The molecule has 140 valence electrons. The average molecular weight is 483 g/mol. The van der Waals surface area contributed by atoms with Gasteiger partial charge in [-0.05, 0) is 0 Å². The van der Waals surface area contributed by atoms with Crippen LogP contribution >= 0.6 is 0 Å². The molecular formula is C17H35F2GeN3Zr. The fourth-order valence-electron chi connectivity index (χ4n) is 0.534. The third-order valence-corrected chi connectivity index (χ3v) is 2.81. The van der Waals surface area contributed by atoms with Gasteiger partial charge >= 0.3 is 77.1 Å². The number of rotatable bonds is 1. The van der Waals surface area contributed by atoms with Gasteiger partial charge in [0.2, 0.25) is 0 Å². The molecule has 0 unspecified atom stereocenters. The fourth-order valence-corrected chi connectivity index (χ4v) is 1.61. The van der Waals surface area contributed by atoms with Crippen LogP contribution in [0.15, 0.2) is 24.3 Å². The summed E-state index contributed by atoms with van der Waals surface area (Å²) in [6.45, 7) is 16.7. The summed E-state index contributed by atoms with van der Waals surface area (Å²) in [4.78, 5) is 0. The SMILES string of the molecule is CC(C)(C)[NH-].CC(C)(C)[NH-].CC(C)(C)[NH-].[F][GeH]([F])[c-]1cccc1.[Zr+4]. The maximum atomic E-state index is 11.8. The minimum atomic E-state index is -3.89. The molecule has 3 nitrogen and oxygen atoms in total. The van der Waals surface area contributed by atoms with Crippen molar-refractivity contribution in [1.82, 2.24) is 0 Å². The summed E-state index contributed by atoms with van der Waals surface area (Å²) in [5.74, 6) is 0. The van der Waals surface area contributed by atoms with Crippen molar-refractivity contribution in [2.24, 2.45) is 0 Å². The molecule has 1 rings (SSSR count). The minimum absolute atomic E-state index is 0. The van der Waals surface area contributed by atoms with Gasteiger partial charge in [-0.15, -0.1) is 16.6 Å². The van der Waals surface area contributed by atoms with Crippen LogP contribution in [0.2, 0.25) is 0 Å². The molecule has 0 saturated carbocycles. The Morgan fingerprint density at radius 3 is 0.917 bits per heavy atom. The molecule has 0 saturated heterocycles. The first-order chi connectivity index (χ1) is 9.80. The zero-order valence-corrected chi connectivity index (χ0v) is 21.5. The van der Waals surface area contributed by atoms with Gasteiger partial charge in [-0.2, -0.15) is 0 Å². The van der Waals surface area contributed by atoms with E-state index in [9.17, 15) is 7.00 Å². The molecule has 3 N–H and O–H groups in total. The molecule has 0 atom stereocenters. The fraction of sp³-hybridized carbons (Fsp3) is 0.706. The van der Waals surface area contributed by atoms with Gasteiger partial charge in [-0.25, -0.2) is 0 Å². The van der Waals surface area contributed by atoms with Gasteiger partial charge in [0, 0.05) is 0 Å². The van der Waals surface area contributed by atoms with Crippen LogP contribution in [0.3, 0.4) is 0 Å².